The van der Waals surface area contributed by atoms with E-state index < -0.39 is 18.0 Å². The Hall–Kier alpha value is -3.61. The summed E-state index contributed by atoms with van der Waals surface area (Å²) in [5.74, 6) is -0.463. The van der Waals surface area contributed by atoms with Gasteiger partial charge >= 0.3 is 5.97 Å². The highest BCUT2D eigenvalue weighted by atomic mass is 16.6. The van der Waals surface area contributed by atoms with Gasteiger partial charge in [-0.05, 0) is 33.1 Å². The van der Waals surface area contributed by atoms with E-state index in [1.54, 1.807) is 16.9 Å². The third-order valence-electron chi connectivity index (χ3n) is 5.08. The molecule has 4 aromatic rings. The number of carbonyl (C=O) groups excluding carboxylic acids is 2. The Morgan fingerprint density at radius 3 is 2.60 bits per heavy atom. The fourth-order valence-electron chi connectivity index (χ4n) is 3.46. The Morgan fingerprint density at radius 2 is 1.83 bits per heavy atom. The molecule has 1 N–H and O–H groups in total. The van der Waals surface area contributed by atoms with Gasteiger partial charge in [-0.25, -0.2) is 9.48 Å². The van der Waals surface area contributed by atoms with E-state index in [1.807, 2.05) is 57.2 Å². The minimum atomic E-state index is -1.00. The third-order valence-corrected chi connectivity index (χ3v) is 5.08. The van der Waals surface area contributed by atoms with Crippen LogP contribution in [-0.4, -0.2) is 27.8 Å². The quantitative estimate of drug-likeness (QED) is 0.479. The van der Waals surface area contributed by atoms with Crippen LogP contribution in [0.15, 0.2) is 53.1 Å². The average molecular weight is 405 g/mol. The zero-order valence-electron chi connectivity index (χ0n) is 17.3. The predicted molar refractivity (Wildman–Crippen MR) is 115 cm³/mol. The van der Waals surface area contributed by atoms with Crippen molar-refractivity contribution >= 4 is 39.4 Å². The van der Waals surface area contributed by atoms with Crippen LogP contribution in [0.4, 0.5) is 5.82 Å². The smallest absolute Gasteiger partial charge is 0.375 e. The predicted octanol–water partition coefficient (Wildman–Crippen LogP) is 4.86. The second-order valence-electron chi connectivity index (χ2n) is 7.51. The summed E-state index contributed by atoms with van der Waals surface area (Å²) >= 11 is 0. The number of carbonyl (C=O) groups is 2. The first-order valence-corrected chi connectivity index (χ1v) is 9.83. The van der Waals surface area contributed by atoms with Crippen LogP contribution in [-0.2, 0) is 9.53 Å². The van der Waals surface area contributed by atoms with Crippen molar-refractivity contribution in [3.63, 3.8) is 0 Å². The van der Waals surface area contributed by atoms with E-state index in [0.717, 1.165) is 16.2 Å². The summed E-state index contributed by atoms with van der Waals surface area (Å²) in [4.78, 5) is 25.3. The number of hydrogen-bond donors (Lipinski definition) is 1. The van der Waals surface area contributed by atoms with Gasteiger partial charge in [0.25, 0.3) is 5.91 Å². The van der Waals surface area contributed by atoms with Gasteiger partial charge in [-0.1, -0.05) is 36.4 Å². The molecule has 2 aromatic carbocycles. The molecule has 1 amide bonds. The molecule has 154 valence electrons. The SMILES string of the molecule is Cc1c(C(=O)O[C@H](C)C(=O)Nc2ccnn2C(C)C)oc2c1ccc1ccccc12. The van der Waals surface area contributed by atoms with Gasteiger partial charge in [-0.2, -0.15) is 5.10 Å². The molecule has 0 unspecified atom stereocenters. The number of esters is 1. The Morgan fingerprint density at radius 1 is 1.07 bits per heavy atom. The molecule has 30 heavy (non-hydrogen) atoms. The minimum absolute atomic E-state index is 0.0844. The molecule has 0 saturated carbocycles. The van der Waals surface area contributed by atoms with Gasteiger partial charge in [0.1, 0.15) is 11.4 Å². The summed E-state index contributed by atoms with van der Waals surface area (Å²) in [5.41, 5.74) is 1.32. The van der Waals surface area contributed by atoms with Gasteiger partial charge < -0.3 is 14.5 Å². The summed E-state index contributed by atoms with van der Waals surface area (Å²) in [7, 11) is 0. The molecular formula is C23H23N3O4. The number of anilines is 1. The number of hydrogen-bond acceptors (Lipinski definition) is 5. The molecule has 7 nitrogen and oxygen atoms in total. The zero-order chi connectivity index (χ0) is 21.4. The van der Waals surface area contributed by atoms with Crippen LogP contribution >= 0.6 is 0 Å². The van der Waals surface area contributed by atoms with Crippen molar-refractivity contribution in [1.82, 2.24) is 9.78 Å². The number of ether oxygens (including phenoxy) is 1. The maximum absolute atomic E-state index is 12.8. The van der Waals surface area contributed by atoms with Crippen molar-refractivity contribution in [2.45, 2.75) is 39.8 Å². The number of aryl methyl sites for hydroxylation is 1. The molecule has 2 heterocycles. The van der Waals surface area contributed by atoms with Crippen molar-refractivity contribution < 1.29 is 18.7 Å². The van der Waals surface area contributed by atoms with Gasteiger partial charge in [-0.3, -0.25) is 4.79 Å². The van der Waals surface area contributed by atoms with E-state index in [1.165, 1.54) is 6.92 Å². The van der Waals surface area contributed by atoms with Crippen molar-refractivity contribution in [2.24, 2.45) is 0 Å². The van der Waals surface area contributed by atoms with Crippen LogP contribution in [0, 0.1) is 6.92 Å². The van der Waals surface area contributed by atoms with E-state index in [-0.39, 0.29) is 11.8 Å². The van der Waals surface area contributed by atoms with Gasteiger partial charge in [0, 0.05) is 28.4 Å². The lowest BCUT2D eigenvalue weighted by Crippen LogP contribution is -2.31. The number of fused-ring (bicyclic) bond motifs is 3. The third kappa shape index (κ3) is 3.43. The lowest BCUT2D eigenvalue weighted by molar-refractivity contribution is -0.123. The Bertz CT molecular complexity index is 1250. The molecule has 0 spiro atoms. The fraction of sp³-hybridized carbons (Fsp3) is 0.261. The number of nitrogens with one attached hydrogen (secondary N) is 1. The molecule has 0 aliphatic carbocycles. The number of nitrogens with zero attached hydrogens (tertiary/aromatic N) is 2. The lowest BCUT2D eigenvalue weighted by Gasteiger charge is -2.15. The normalized spacial score (nSPS) is 12.4. The molecule has 4 rings (SSSR count). The van der Waals surface area contributed by atoms with Crippen molar-refractivity contribution in [3.8, 4) is 0 Å². The highest BCUT2D eigenvalue weighted by Gasteiger charge is 2.25. The van der Waals surface area contributed by atoms with E-state index in [4.69, 9.17) is 9.15 Å². The van der Waals surface area contributed by atoms with Crippen molar-refractivity contribution in [3.05, 3.63) is 60.0 Å². The summed E-state index contributed by atoms with van der Waals surface area (Å²) in [6.07, 6.45) is 0.603. The topological polar surface area (TPSA) is 86.4 Å². The van der Waals surface area contributed by atoms with Gasteiger partial charge in [0.05, 0.1) is 6.20 Å². The molecule has 7 heteroatoms. The lowest BCUT2D eigenvalue weighted by atomic mass is 10.1. The van der Waals surface area contributed by atoms with Crippen LogP contribution in [0.3, 0.4) is 0 Å². The van der Waals surface area contributed by atoms with Crippen molar-refractivity contribution in [2.75, 3.05) is 5.32 Å². The second kappa shape index (κ2) is 7.67. The molecule has 2 aromatic heterocycles. The molecule has 0 saturated heterocycles. The summed E-state index contributed by atoms with van der Waals surface area (Å²) in [6, 6.07) is 13.5. The van der Waals surface area contributed by atoms with Crippen LogP contribution in [0.1, 0.15) is 42.9 Å². The standard InChI is InChI=1S/C23H23N3O4/c1-13(2)26-19(11-12-24-26)25-22(27)15(4)29-23(28)20-14(3)17-10-9-16-7-5-6-8-18(16)21(17)30-20/h5-13,15H,1-4H3,(H,25,27)/t15-/m1/s1. The Kier molecular flexibility index (Phi) is 5.03. The van der Waals surface area contributed by atoms with Crippen LogP contribution in [0.25, 0.3) is 21.7 Å². The van der Waals surface area contributed by atoms with E-state index in [2.05, 4.69) is 10.4 Å². The first-order valence-electron chi connectivity index (χ1n) is 9.83. The largest absolute Gasteiger partial charge is 0.448 e. The maximum Gasteiger partial charge on any atom is 0.375 e. The minimum Gasteiger partial charge on any atom is -0.448 e. The van der Waals surface area contributed by atoms with Crippen molar-refractivity contribution in [1.29, 1.82) is 0 Å². The molecule has 0 bridgehead atoms. The molecule has 1 atom stereocenters. The number of furan rings is 1. The number of benzene rings is 2. The highest BCUT2D eigenvalue weighted by molar-refractivity contribution is 6.08. The van der Waals surface area contributed by atoms with Gasteiger partial charge in [-0.15, -0.1) is 0 Å². The van der Waals surface area contributed by atoms with Gasteiger partial charge in [0.15, 0.2) is 6.10 Å². The Balaban J connectivity index is 1.55. The molecule has 0 radical (unpaired) electrons. The monoisotopic (exact) mass is 405 g/mol. The molecule has 0 aliphatic rings. The molecule has 0 aliphatic heterocycles. The Labute approximate surface area is 173 Å². The van der Waals surface area contributed by atoms with E-state index >= 15 is 0 Å². The van der Waals surface area contributed by atoms with E-state index in [9.17, 15) is 9.59 Å². The zero-order valence-corrected chi connectivity index (χ0v) is 17.3. The number of aromatic nitrogens is 2. The summed E-state index contributed by atoms with van der Waals surface area (Å²) < 4.78 is 13.0. The number of amides is 1. The molecule has 0 fully saturated rings. The summed E-state index contributed by atoms with van der Waals surface area (Å²) in [5, 5.41) is 9.71. The number of rotatable bonds is 5. The average Bonchev–Trinajstić information content (AvgIpc) is 3.32. The van der Waals surface area contributed by atoms with E-state index in [0.29, 0.717) is 17.0 Å². The maximum atomic E-state index is 12.8. The first-order chi connectivity index (χ1) is 14.4. The van der Waals surface area contributed by atoms with Gasteiger partial charge in [0.2, 0.25) is 5.76 Å². The molecular weight excluding hydrogens is 382 g/mol. The first kappa shape index (κ1) is 19.7. The second-order valence-corrected chi connectivity index (χ2v) is 7.51. The van der Waals surface area contributed by atoms with Crippen LogP contribution in [0.2, 0.25) is 0 Å². The van der Waals surface area contributed by atoms with Crippen LogP contribution in [0.5, 0.6) is 0 Å². The highest BCUT2D eigenvalue weighted by Crippen LogP contribution is 2.32. The summed E-state index contributed by atoms with van der Waals surface area (Å²) in [6.45, 7) is 7.25. The van der Waals surface area contributed by atoms with Crippen LogP contribution < -0.4 is 5.32 Å². The fourth-order valence-corrected chi connectivity index (χ4v) is 3.46.